The first-order chi connectivity index (χ1) is 27.0. The molecule has 0 bridgehead atoms. The van der Waals surface area contributed by atoms with Crippen molar-refractivity contribution < 1.29 is 65.9 Å². The van der Waals surface area contributed by atoms with Crippen molar-refractivity contribution in [3.05, 3.63) is 97.6 Å². The van der Waals surface area contributed by atoms with Gasteiger partial charge in [0, 0.05) is 76.2 Å². The van der Waals surface area contributed by atoms with Crippen molar-refractivity contribution in [2.45, 2.75) is 30.9 Å². The monoisotopic (exact) mass is 1230 g/mol. The fourth-order valence-corrected chi connectivity index (χ4v) is 4.97. The summed E-state index contributed by atoms with van der Waals surface area (Å²) >= 11 is 34.5. The highest BCUT2D eigenvalue weighted by atomic mass is 127. The van der Waals surface area contributed by atoms with Crippen molar-refractivity contribution in [3.8, 4) is 0 Å². The van der Waals surface area contributed by atoms with E-state index in [1.165, 1.54) is 0 Å². The van der Waals surface area contributed by atoms with Gasteiger partial charge in [0.1, 0.15) is 54.2 Å². The number of nitrogens with zero attached hydrogens (tertiary/aromatic N) is 10. The Hall–Kier alpha value is -2.85. The third-order valence-corrected chi connectivity index (χ3v) is 7.77. The van der Waals surface area contributed by atoms with Gasteiger partial charge in [0.05, 0.1) is 0 Å². The number of alkyl halides is 15. The van der Waals surface area contributed by atoms with Crippen LogP contribution in [0.4, 0.5) is 77.6 Å². The molecule has 0 aliphatic heterocycles. The van der Waals surface area contributed by atoms with Crippen LogP contribution >= 0.6 is 115 Å². The molecule has 5 heterocycles. The van der Waals surface area contributed by atoms with Crippen LogP contribution in [0.3, 0.4) is 0 Å². The van der Waals surface area contributed by atoms with Gasteiger partial charge in [-0.05, 0) is 23.2 Å². The Morgan fingerprint density at radius 2 is 0.633 bits per heavy atom. The van der Waals surface area contributed by atoms with Crippen molar-refractivity contribution >= 4 is 127 Å². The summed E-state index contributed by atoms with van der Waals surface area (Å²) in [4.78, 5) is 32.4. The maximum absolute atomic E-state index is 12.0. The van der Waals surface area contributed by atoms with Gasteiger partial charge >= 0.3 is 30.9 Å². The van der Waals surface area contributed by atoms with Gasteiger partial charge in [0.25, 0.3) is 0 Å². The number of rotatable bonds is 0. The second kappa shape index (κ2) is 22.5. The first kappa shape index (κ1) is 55.2. The fraction of sp³-hybridized carbons (Fsp3) is 0.200. The molecule has 0 fully saturated rings. The smallest absolute Gasteiger partial charge is 0.383 e. The van der Waals surface area contributed by atoms with Crippen molar-refractivity contribution in [1.29, 1.82) is 0 Å². The lowest BCUT2D eigenvalue weighted by Crippen LogP contribution is -2.11. The summed E-state index contributed by atoms with van der Waals surface area (Å²) in [6.45, 7) is 0. The highest BCUT2D eigenvalue weighted by molar-refractivity contribution is 14.1. The van der Waals surface area contributed by atoms with Crippen LogP contribution in [0.15, 0.2) is 31.0 Å². The Labute approximate surface area is 379 Å². The van der Waals surface area contributed by atoms with Crippen LogP contribution < -0.4 is 11.5 Å². The van der Waals surface area contributed by atoms with Crippen LogP contribution in [-0.4, -0.2) is 49.8 Å². The van der Waals surface area contributed by atoms with Crippen LogP contribution in [0.1, 0.15) is 27.8 Å². The van der Waals surface area contributed by atoms with Gasteiger partial charge in [0.2, 0.25) is 16.5 Å². The summed E-state index contributed by atoms with van der Waals surface area (Å²) in [6.07, 6.45) is -19.6. The van der Waals surface area contributed by atoms with E-state index in [4.69, 9.17) is 81.1 Å². The van der Waals surface area contributed by atoms with Gasteiger partial charge in [-0.25, -0.2) is 49.8 Å². The molecule has 330 valence electrons. The zero-order valence-corrected chi connectivity index (χ0v) is 36.1. The van der Waals surface area contributed by atoms with Crippen LogP contribution in [0.2, 0.25) is 31.2 Å². The van der Waals surface area contributed by atoms with E-state index in [-0.39, 0.29) is 24.2 Å². The van der Waals surface area contributed by atoms with E-state index in [1.54, 1.807) is 45.2 Å². The molecule has 0 unspecified atom stereocenters. The summed E-state index contributed by atoms with van der Waals surface area (Å²) < 4.78 is 180. The molecule has 4 N–H and O–H groups in total. The Bertz CT molecular complexity index is 1860. The number of anilines is 2. The lowest BCUT2D eigenvalue weighted by molar-refractivity contribution is -0.138. The van der Waals surface area contributed by atoms with Crippen molar-refractivity contribution in [2.24, 2.45) is 0 Å². The largest absolute Gasteiger partial charge is 0.421 e. The van der Waals surface area contributed by atoms with Crippen LogP contribution in [0.5, 0.6) is 0 Å². The van der Waals surface area contributed by atoms with Gasteiger partial charge in [-0.1, -0.05) is 46.4 Å². The quantitative estimate of drug-likeness (QED) is 0.0649. The molecule has 0 amide bonds. The van der Waals surface area contributed by atoms with Gasteiger partial charge in [-0.15, -0.1) is 0 Å². The van der Waals surface area contributed by atoms with E-state index in [9.17, 15) is 65.9 Å². The molecule has 60 heavy (non-hydrogen) atoms. The lowest BCUT2D eigenvalue weighted by atomic mass is 10.3. The van der Waals surface area contributed by atoms with Gasteiger partial charge in [-0.2, -0.15) is 65.9 Å². The zero-order chi connectivity index (χ0) is 46.8. The van der Waals surface area contributed by atoms with Crippen LogP contribution in [-0.2, 0) is 30.9 Å². The van der Waals surface area contributed by atoms with Crippen LogP contribution in [0, 0.1) is 7.66 Å². The zero-order valence-electron chi connectivity index (χ0n) is 27.2. The normalized spacial score (nSPS) is 11.7. The second-order valence-electron chi connectivity index (χ2n) is 9.39. The maximum atomic E-state index is 12.0. The lowest BCUT2D eigenvalue weighted by Gasteiger charge is -2.07. The van der Waals surface area contributed by atoms with Gasteiger partial charge in [-0.3, -0.25) is 0 Å². The van der Waals surface area contributed by atoms with E-state index in [0.29, 0.717) is 31.0 Å². The first-order valence-corrected chi connectivity index (χ1v) is 17.9. The van der Waals surface area contributed by atoms with E-state index in [2.05, 4.69) is 49.8 Å². The standard InChI is InChI=1S/2C5HCl2F3N2.C5HClF3IN2.C5H3ClF3N3.C5H3F3IN3/c2*6-3-2(5(8,9)10)1-11-4(7)12-3;2*6-3-2(5(7,8)9)1-11-4(10)12-3;6-5(7,8)2-1-11-4(9)12-3(2)10/h3*1H;2*1H,(H2,10,11,12). The number of nitrogens with two attached hydrogens (primary N) is 2. The van der Waals surface area contributed by atoms with Gasteiger partial charge < -0.3 is 11.5 Å². The Morgan fingerprint density at radius 3 is 0.917 bits per heavy atom. The SMILES string of the molecule is FC(F)(F)c1cnc(Cl)nc1Cl.FC(F)(F)c1cnc(Cl)nc1Cl.FC(F)(F)c1cnc(I)nc1Cl.Nc1nc(I)ncc1C(F)(F)F.Nc1ncc(C(F)(F)F)c(Cl)n1. The summed E-state index contributed by atoms with van der Waals surface area (Å²) in [6, 6.07) is 0. The van der Waals surface area contributed by atoms with E-state index in [0.717, 1.165) is 0 Å². The minimum atomic E-state index is -4.54. The third-order valence-electron chi connectivity index (χ3n) is 5.22. The number of hydrogen-bond donors (Lipinski definition) is 2. The second-order valence-corrected chi connectivity index (χ2v) is 13.4. The average molecular weight is 1230 g/mol. The summed E-state index contributed by atoms with van der Waals surface area (Å²) in [5.74, 6) is -0.824. The van der Waals surface area contributed by atoms with Crippen molar-refractivity contribution in [1.82, 2.24) is 49.8 Å². The molecule has 12 nitrogen and oxygen atoms in total. The van der Waals surface area contributed by atoms with E-state index >= 15 is 0 Å². The number of halogens is 23. The number of aromatic nitrogens is 10. The predicted molar refractivity (Wildman–Crippen MR) is 199 cm³/mol. The molecule has 0 atom stereocenters. The molecule has 5 rings (SSSR count). The molecule has 5 aromatic heterocycles. The van der Waals surface area contributed by atoms with E-state index < -0.39 is 85.1 Å². The molecule has 0 saturated carbocycles. The molecular weight excluding hydrogens is 1220 g/mol. The fourth-order valence-electron chi connectivity index (χ4n) is 2.75. The highest BCUT2D eigenvalue weighted by Crippen LogP contribution is 2.36. The molecular formula is C25H9Cl6F15I2N12. The Morgan fingerprint density at radius 1 is 0.367 bits per heavy atom. The van der Waals surface area contributed by atoms with Crippen LogP contribution in [0.25, 0.3) is 0 Å². The third kappa shape index (κ3) is 19.0. The highest BCUT2D eigenvalue weighted by Gasteiger charge is 2.37. The van der Waals surface area contributed by atoms with Gasteiger partial charge in [0.15, 0.2) is 7.66 Å². The number of nitrogen functional groups attached to an aromatic ring is 2. The van der Waals surface area contributed by atoms with E-state index in [1.807, 2.05) is 0 Å². The Balaban J connectivity index is 0.000000375. The maximum Gasteiger partial charge on any atom is 0.421 e. The molecule has 0 saturated heterocycles. The molecule has 5 aromatic rings. The minimum Gasteiger partial charge on any atom is -0.383 e. The van der Waals surface area contributed by atoms with Crippen molar-refractivity contribution in [2.75, 3.05) is 11.5 Å². The molecule has 0 spiro atoms. The minimum absolute atomic E-state index is 0.186. The predicted octanol–water partition coefficient (Wildman–Crippen LogP) is 11.8. The Kier molecular flexibility index (Phi) is 20.7. The molecule has 0 aliphatic rings. The summed E-state index contributed by atoms with van der Waals surface area (Å²) in [7, 11) is 0. The average Bonchev–Trinajstić information content (AvgIpc) is 3.03. The molecule has 0 aromatic carbocycles. The molecule has 0 aliphatic carbocycles. The summed E-state index contributed by atoms with van der Waals surface area (Å²) in [5.41, 5.74) is 4.76. The molecule has 35 heteroatoms. The summed E-state index contributed by atoms with van der Waals surface area (Å²) in [5, 5.41) is -3.26. The number of hydrogen-bond acceptors (Lipinski definition) is 12. The van der Waals surface area contributed by atoms with Crippen molar-refractivity contribution in [3.63, 3.8) is 0 Å². The molecule has 0 radical (unpaired) electrons. The topological polar surface area (TPSA) is 181 Å². The first-order valence-electron chi connectivity index (χ1n) is 13.5.